The van der Waals surface area contributed by atoms with Crippen LogP contribution >= 0.6 is 0 Å². The standard InChI is InChI=1S/C114H78N8/c1-5-71-37-45-79(46-38-71)117(75-25-15-9-16-26-75)82-50-54-86-90-30-20-32-92-98-66-108-100(68-106(98)120(112(90)92)102(86)62-82)94-60-58-88(110-96-56-52-84(64-104(96)122(108)114(94)110)118(76-27-17-10-18-28-76)80-47-39-72(6-2)40-48-80)87-57-59-93-99-67-105-97(65-107(99)121-103-63-83(51-55-95(103)109(87)113(93)121)116(74-23-13-8-14-24-74)78-43-35-70(4)36-44-78)91-31-19-29-89-85-53-49-81(61-101(85)119(105)111(89)91)115(73-21-11-7-12-22-73)77-41-33-69(3)34-42-77/h7-68H,5-6H2,1-4H3. The lowest BCUT2D eigenvalue weighted by atomic mass is 9.92. The van der Waals surface area contributed by atoms with E-state index in [2.05, 4.69) is 441 Å². The monoisotopic (exact) mass is 1560 g/mol. The number of hydrogen-bond acceptors (Lipinski definition) is 4. The van der Waals surface area contributed by atoms with Gasteiger partial charge in [-0.1, -0.05) is 231 Å². The summed E-state index contributed by atoms with van der Waals surface area (Å²) in [4.78, 5) is 9.67. The summed E-state index contributed by atoms with van der Waals surface area (Å²) in [5, 5.41) is 19.6. The van der Waals surface area contributed by atoms with Gasteiger partial charge < -0.3 is 37.2 Å². The van der Waals surface area contributed by atoms with E-state index >= 15 is 0 Å². The maximum atomic E-state index is 2.64. The number of aryl methyl sites for hydroxylation is 4. The first-order valence-electron chi connectivity index (χ1n) is 42.7. The van der Waals surface area contributed by atoms with Crippen LogP contribution in [-0.4, -0.2) is 17.6 Å². The van der Waals surface area contributed by atoms with Crippen LogP contribution in [0, 0.1) is 13.8 Å². The molecule has 0 radical (unpaired) electrons. The van der Waals surface area contributed by atoms with Crippen molar-refractivity contribution in [3.05, 3.63) is 398 Å². The molecule has 574 valence electrons. The van der Waals surface area contributed by atoms with Crippen LogP contribution in [0.3, 0.4) is 0 Å². The van der Waals surface area contributed by atoms with Crippen molar-refractivity contribution in [2.24, 2.45) is 0 Å². The summed E-state index contributed by atoms with van der Waals surface area (Å²) in [6, 6.07) is 142. The molecular weight excluding hydrogens is 1480 g/mol. The van der Waals surface area contributed by atoms with Crippen LogP contribution in [0.25, 0.3) is 164 Å². The molecule has 0 atom stereocenters. The molecule has 0 fully saturated rings. The summed E-state index contributed by atoms with van der Waals surface area (Å²) < 4.78 is 10.4. The Kier molecular flexibility index (Phi) is 14.5. The molecule has 8 heterocycles. The van der Waals surface area contributed by atoms with E-state index in [9.17, 15) is 0 Å². The average molecular weight is 1560 g/mol. The first-order chi connectivity index (χ1) is 60.2. The SMILES string of the molecule is CCc1ccc(N(c2ccccc2)c2ccc3c4cccc5c6cc7c(cc6n(c3c2)c45)c2ccc(-c3ccc4c5cc6c(cc5n5c8cc(N(c9ccccc9)c9ccc(C)cc9)ccc8c3c45)c3cccc4c5ccc(N(c8ccccc8)c8ccc(C)cc8)cc5n6c43)c3c4ccc(N(c5ccccc5)c5ccc(CC)cc5)cc4n7c23)cc1. The topological polar surface area (TPSA) is 30.6 Å². The zero-order valence-electron chi connectivity index (χ0n) is 67.8. The van der Waals surface area contributed by atoms with Gasteiger partial charge in [-0.2, -0.15) is 0 Å². The number of para-hydroxylation sites is 6. The van der Waals surface area contributed by atoms with E-state index in [1.54, 1.807) is 0 Å². The molecule has 26 rings (SSSR count). The number of anilines is 12. The van der Waals surface area contributed by atoms with E-state index in [0.717, 1.165) is 92.1 Å². The van der Waals surface area contributed by atoms with Crippen molar-refractivity contribution in [2.75, 3.05) is 19.6 Å². The molecule has 18 aromatic carbocycles. The minimum Gasteiger partial charge on any atom is -0.310 e. The number of hydrogen-bond donors (Lipinski definition) is 0. The van der Waals surface area contributed by atoms with Crippen molar-refractivity contribution in [2.45, 2.75) is 40.5 Å². The van der Waals surface area contributed by atoms with Gasteiger partial charge in [0.15, 0.2) is 0 Å². The van der Waals surface area contributed by atoms with Gasteiger partial charge in [0.05, 0.1) is 66.2 Å². The predicted molar refractivity (Wildman–Crippen MR) is 517 cm³/mol. The van der Waals surface area contributed by atoms with E-state index in [1.165, 1.54) is 175 Å². The Balaban J connectivity index is 0.747. The first-order valence-corrected chi connectivity index (χ1v) is 42.7. The maximum absolute atomic E-state index is 2.64. The molecule has 0 aliphatic carbocycles. The molecule has 0 saturated carbocycles. The fourth-order valence-electron chi connectivity index (χ4n) is 21.3. The molecule has 0 aliphatic heterocycles. The summed E-state index contributed by atoms with van der Waals surface area (Å²) in [7, 11) is 0. The molecule has 0 aliphatic rings. The molecule has 0 amide bonds. The molecule has 122 heavy (non-hydrogen) atoms. The first kappa shape index (κ1) is 68.4. The average Bonchev–Trinajstić information content (AvgIpc) is 1.51. The zero-order valence-corrected chi connectivity index (χ0v) is 67.8. The second-order valence-electron chi connectivity index (χ2n) is 33.5. The Morgan fingerprint density at radius 1 is 0.180 bits per heavy atom. The molecule has 0 spiro atoms. The highest BCUT2D eigenvalue weighted by atomic mass is 15.2. The lowest BCUT2D eigenvalue weighted by Gasteiger charge is -2.26. The summed E-state index contributed by atoms with van der Waals surface area (Å²) in [6.07, 6.45) is 1.95. The molecule has 0 saturated heterocycles. The number of aromatic nitrogens is 4. The molecule has 8 heteroatoms. The lowest BCUT2D eigenvalue weighted by molar-refractivity contribution is 1.14. The third kappa shape index (κ3) is 9.74. The van der Waals surface area contributed by atoms with Crippen LogP contribution in [0.15, 0.2) is 376 Å². The lowest BCUT2D eigenvalue weighted by Crippen LogP contribution is -2.09. The molecule has 26 aromatic rings. The Morgan fingerprint density at radius 2 is 0.410 bits per heavy atom. The summed E-state index contributed by atoms with van der Waals surface area (Å²) >= 11 is 0. The number of benzene rings is 18. The third-order valence-electron chi connectivity index (χ3n) is 26.9. The van der Waals surface area contributed by atoms with Gasteiger partial charge in [0.2, 0.25) is 0 Å². The van der Waals surface area contributed by atoms with Crippen molar-refractivity contribution in [1.29, 1.82) is 0 Å². The maximum Gasteiger partial charge on any atom is 0.0626 e. The number of nitrogens with zero attached hydrogens (tertiary/aromatic N) is 8. The van der Waals surface area contributed by atoms with Gasteiger partial charge in [0.1, 0.15) is 0 Å². The summed E-state index contributed by atoms with van der Waals surface area (Å²) in [6.45, 7) is 8.79. The molecule has 8 nitrogen and oxygen atoms in total. The van der Waals surface area contributed by atoms with Gasteiger partial charge in [-0.05, 0) is 219 Å². The number of fused-ring (bicyclic) bond motifs is 24. The Morgan fingerprint density at radius 3 is 0.713 bits per heavy atom. The number of rotatable bonds is 15. The normalized spacial score (nSPS) is 12.3. The van der Waals surface area contributed by atoms with Gasteiger partial charge >= 0.3 is 0 Å². The van der Waals surface area contributed by atoms with Crippen LogP contribution in [0.5, 0.6) is 0 Å². The molecule has 0 N–H and O–H groups in total. The van der Waals surface area contributed by atoms with Gasteiger partial charge in [0.25, 0.3) is 0 Å². The zero-order chi connectivity index (χ0) is 80.4. The predicted octanol–water partition coefficient (Wildman–Crippen LogP) is 31.6. The molecular formula is C114H78N8. The van der Waals surface area contributed by atoms with E-state index in [-0.39, 0.29) is 0 Å². The highest BCUT2D eigenvalue weighted by Crippen LogP contribution is 2.55. The van der Waals surface area contributed by atoms with Crippen LogP contribution < -0.4 is 19.6 Å². The van der Waals surface area contributed by atoms with Gasteiger partial charge in [-0.3, -0.25) is 0 Å². The van der Waals surface area contributed by atoms with Crippen molar-refractivity contribution < 1.29 is 0 Å². The fourth-order valence-corrected chi connectivity index (χ4v) is 21.3. The Labute approximate surface area is 703 Å². The van der Waals surface area contributed by atoms with Crippen molar-refractivity contribution in [3.8, 4) is 11.1 Å². The smallest absolute Gasteiger partial charge is 0.0626 e. The Hall–Kier alpha value is -15.6. The minimum atomic E-state index is 0.964. The summed E-state index contributed by atoms with van der Waals surface area (Å²) in [5.74, 6) is 0. The largest absolute Gasteiger partial charge is 0.310 e. The van der Waals surface area contributed by atoms with E-state index in [4.69, 9.17) is 0 Å². The van der Waals surface area contributed by atoms with E-state index in [1.807, 2.05) is 0 Å². The minimum absolute atomic E-state index is 0.964. The van der Waals surface area contributed by atoms with Crippen molar-refractivity contribution in [1.82, 2.24) is 17.6 Å². The van der Waals surface area contributed by atoms with Crippen molar-refractivity contribution in [3.63, 3.8) is 0 Å². The fraction of sp³-hybridized carbons (Fsp3) is 0.0526. The highest BCUT2D eigenvalue weighted by Gasteiger charge is 2.31. The molecule has 0 bridgehead atoms. The Bertz CT molecular complexity index is 8700. The quantitative estimate of drug-likeness (QED) is 0.102. The van der Waals surface area contributed by atoms with Gasteiger partial charge in [-0.25, -0.2) is 0 Å². The van der Waals surface area contributed by atoms with Gasteiger partial charge in [-0.15, -0.1) is 0 Å². The highest BCUT2D eigenvalue weighted by molar-refractivity contribution is 6.35. The van der Waals surface area contributed by atoms with Gasteiger partial charge in [0, 0.05) is 154 Å². The van der Waals surface area contributed by atoms with E-state index in [0.29, 0.717) is 0 Å². The van der Waals surface area contributed by atoms with Crippen molar-refractivity contribution >= 4 is 221 Å². The third-order valence-corrected chi connectivity index (χ3v) is 26.9. The summed E-state index contributed by atoms with van der Waals surface area (Å²) in [5.41, 5.74) is 35.0. The second-order valence-corrected chi connectivity index (χ2v) is 33.5. The van der Waals surface area contributed by atoms with E-state index < -0.39 is 0 Å². The molecule has 8 aromatic heterocycles. The van der Waals surface area contributed by atoms with Crippen LogP contribution in [0.2, 0.25) is 0 Å². The molecule has 0 unspecified atom stereocenters. The van der Waals surface area contributed by atoms with Crippen LogP contribution in [0.4, 0.5) is 68.2 Å². The van der Waals surface area contributed by atoms with Crippen LogP contribution in [0.1, 0.15) is 36.1 Å². The van der Waals surface area contributed by atoms with Crippen LogP contribution in [-0.2, 0) is 12.8 Å². The second kappa shape index (κ2) is 25.9.